The first kappa shape index (κ1) is 18.2. The van der Waals surface area contributed by atoms with Gasteiger partial charge in [0.1, 0.15) is 0 Å². The fourth-order valence-electron chi connectivity index (χ4n) is 3.13. The van der Waals surface area contributed by atoms with E-state index in [1.165, 1.54) is 0 Å². The van der Waals surface area contributed by atoms with Crippen molar-refractivity contribution in [2.75, 3.05) is 32.9 Å². The van der Waals surface area contributed by atoms with Crippen LogP contribution in [0.15, 0.2) is 0 Å². The Morgan fingerprint density at radius 3 is 2.78 bits per heavy atom. The zero-order valence-corrected chi connectivity index (χ0v) is 13.8. The van der Waals surface area contributed by atoms with Crippen molar-refractivity contribution < 1.29 is 24.2 Å². The van der Waals surface area contributed by atoms with Crippen LogP contribution in [0.25, 0.3) is 0 Å². The van der Waals surface area contributed by atoms with Crippen molar-refractivity contribution in [2.24, 2.45) is 0 Å². The van der Waals surface area contributed by atoms with Gasteiger partial charge in [0.25, 0.3) is 0 Å². The van der Waals surface area contributed by atoms with Gasteiger partial charge in [0, 0.05) is 25.1 Å². The van der Waals surface area contributed by atoms with Gasteiger partial charge >= 0.3 is 5.97 Å². The number of hydrogen-bond acceptors (Lipinski definition) is 5. The van der Waals surface area contributed by atoms with E-state index in [-0.39, 0.29) is 30.6 Å². The van der Waals surface area contributed by atoms with E-state index >= 15 is 0 Å². The number of nitrogens with zero attached hydrogens (tertiary/aromatic N) is 1. The zero-order valence-electron chi connectivity index (χ0n) is 13.8. The van der Waals surface area contributed by atoms with Crippen LogP contribution in [0.1, 0.15) is 39.0 Å². The third-order valence-electron chi connectivity index (χ3n) is 4.54. The van der Waals surface area contributed by atoms with Gasteiger partial charge in [-0.3, -0.25) is 14.5 Å². The minimum atomic E-state index is -0.803. The lowest BCUT2D eigenvalue weighted by atomic mass is 9.85. The molecule has 1 aliphatic heterocycles. The van der Waals surface area contributed by atoms with E-state index in [4.69, 9.17) is 14.6 Å². The van der Waals surface area contributed by atoms with E-state index in [9.17, 15) is 9.59 Å². The van der Waals surface area contributed by atoms with Crippen LogP contribution in [-0.4, -0.2) is 73.0 Å². The summed E-state index contributed by atoms with van der Waals surface area (Å²) < 4.78 is 10.9. The van der Waals surface area contributed by atoms with Gasteiger partial charge in [0.15, 0.2) is 0 Å². The lowest BCUT2D eigenvalue weighted by Crippen LogP contribution is -2.54. The number of carbonyl (C=O) groups is 2. The van der Waals surface area contributed by atoms with Gasteiger partial charge in [-0.1, -0.05) is 6.92 Å². The standard InChI is InChI=1S/C16H28N2O5/c1-2-18(10-16(20)21)13-8-12(9-13)17-15(19)5-7-22-11-14-4-3-6-23-14/h12-14H,2-11H2,1H3,(H,17,19)(H,20,21). The Kier molecular flexibility index (Phi) is 7.26. The largest absolute Gasteiger partial charge is 0.480 e. The Balaban J connectivity index is 1.52. The number of amides is 1. The summed E-state index contributed by atoms with van der Waals surface area (Å²) in [5, 5.41) is 11.8. The summed E-state index contributed by atoms with van der Waals surface area (Å²) in [5.74, 6) is -0.801. The first-order valence-corrected chi connectivity index (χ1v) is 8.53. The maximum absolute atomic E-state index is 11.8. The second-order valence-corrected chi connectivity index (χ2v) is 6.31. The van der Waals surface area contributed by atoms with Gasteiger partial charge in [0.2, 0.25) is 5.91 Å². The highest BCUT2D eigenvalue weighted by Crippen LogP contribution is 2.25. The number of hydrogen-bond donors (Lipinski definition) is 2. The molecule has 1 amide bonds. The number of nitrogens with one attached hydrogen (secondary N) is 1. The third-order valence-corrected chi connectivity index (χ3v) is 4.54. The molecule has 132 valence electrons. The Bertz CT molecular complexity index is 392. The Morgan fingerprint density at radius 1 is 1.39 bits per heavy atom. The maximum Gasteiger partial charge on any atom is 0.317 e. The topological polar surface area (TPSA) is 88.1 Å². The molecule has 2 fully saturated rings. The fourth-order valence-corrected chi connectivity index (χ4v) is 3.13. The number of rotatable bonds is 10. The second kappa shape index (κ2) is 9.20. The molecule has 0 bridgehead atoms. The molecule has 1 unspecified atom stereocenters. The van der Waals surface area contributed by atoms with Crippen LogP contribution in [0.4, 0.5) is 0 Å². The van der Waals surface area contributed by atoms with Gasteiger partial charge in [-0.25, -0.2) is 0 Å². The fraction of sp³-hybridized carbons (Fsp3) is 0.875. The lowest BCUT2D eigenvalue weighted by Gasteiger charge is -2.42. The van der Waals surface area contributed by atoms with E-state index in [0.29, 0.717) is 26.2 Å². The van der Waals surface area contributed by atoms with Crippen molar-refractivity contribution >= 4 is 11.9 Å². The number of likely N-dealkylation sites (N-methyl/N-ethyl adjacent to an activating group) is 1. The number of aliphatic carboxylic acids is 1. The monoisotopic (exact) mass is 328 g/mol. The van der Waals surface area contributed by atoms with E-state index in [0.717, 1.165) is 32.3 Å². The van der Waals surface area contributed by atoms with Gasteiger partial charge in [-0.15, -0.1) is 0 Å². The van der Waals surface area contributed by atoms with Crippen LogP contribution in [0.3, 0.4) is 0 Å². The van der Waals surface area contributed by atoms with Crippen LogP contribution < -0.4 is 5.32 Å². The summed E-state index contributed by atoms with van der Waals surface area (Å²) in [6.07, 6.45) is 4.33. The Hall–Kier alpha value is -1.18. The molecule has 7 nitrogen and oxygen atoms in total. The Labute approximate surface area is 137 Å². The molecule has 2 rings (SSSR count). The average molecular weight is 328 g/mol. The average Bonchev–Trinajstić information content (AvgIpc) is 2.98. The van der Waals surface area contributed by atoms with E-state index in [2.05, 4.69) is 5.32 Å². The predicted octanol–water partition coefficient (Wildman–Crippen LogP) is 0.626. The minimum Gasteiger partial charge on any atom is -0.480 e. The van der Waals surface area contributed by atoms with Gasteiger partial charge in [-0.05, 0) is 32.2 Å². The summed E-state index contributed by atoms with van der Waals surface area (Å²) >= 11 is 0. The van der Waals surface area contributed by atoms with Crippen molar-refractivity contribution in [3.8, 4) is 0 Å². The molecule has 2 aliphatic rings. The molecule has 1 heterocycles. The third kappa shape index (κ3) is 6.08. The Morgan fingerprint density at radius 2 is 2.17 bits per heavy atom. The smallest absolute Gasteiger partial charge is 0.317 e. The zero-order chi connectivity index (χ0) is 16.7. The van der Waals surface area contributed by atoms with E-state index < -0.39 is 5.97 Å². The number of ether oxygens (including phenoxy) is 2. The first-order chi connectivity index (χ1) is 11.1. The predicted molar refractivity (Wildman–Crippen MR) is 84.2 cm³/mol. The number of carbonyl (C=O) groups excluding carboxylic acids is 1. The lowest BCUT2D eigenvalue weighted by molar-refractivity contribution is -0.139. The molecule has 0 aromatic rings. The molecule has 1 saturated carbocycles. The highest BCUT2D eigenvalue weighted by Gasteiger charge is 2.34. The number of carboxylic acid groups (broad SMARTS) is 1. The van der Waals surface area contributed by atoms with Crippen molar-refractivity contribution in [1.29, 1.82) is 0 Å². The molecule has 1 aliphatic carbocycles. The molecule has 7 heteroatoms. The highest BCUT2D eigenvalue weighted by molar-refractivity contribution is 5.76. The van der Waals surface area contributed by atoms with Crippen molar-refractivity contribution in [1.82, 2.24) is 10.2 Å². The van der Waals surface area contributed by atoms with Crippen LogP contribution in [0, 0.1) is 0 Å². The summed E-state index contributed by atoms with van der Waals surface area (Å²) in [7, 11) is 0. The molecule has 1 atom stereocenters. The van der Waals surface area contributed by atoms with Crippen LogP contribution in [0.5, 0.6) is 0 Å². The van der Waals surface area contributed by atoms with E-state index in [1.807, 2.05) is 11.8 Å². The van der Waals surface area contributed by atoms with Crippen LogP contribution in [0.2, 0.25) is 0 Å². The summed E-state index contributed by atoms with van der Waals surface area (Å²) in [6, 6.07) is 0.422. The molecule has 2 N–H and O–H groups in total. The molecular weight excluding hydrogens is 300 g/mol. The van der Waals surface area contributed by atoms with Gasteiger partial charge in [0.05, 0.1) is 25.9 Å². The second-order valence-electron chi connectivity index (χ2n) is 6.31. The maximum atomic E-state index is 11.8. The molecule has 1 saturated heterocycles. The molecular formula is C16H28N2O5. The molecule has 0 radical (unpaired) electrons. The van der Waals surface area contributed by atoms with Crippen molar-refractivity contribution in [2.45, 2.75) is 57.2 Å². The quantitative estimate of drug-likeness (QED) is 0.572. The number of carboxylic acids is 1. The highest BCUT2D eigenvalue weighted by atomic mass is 16.5. The van der Waals surface area contributed by atoms with Crippen LogP contribution >= 0.6 is 0 Å². The SMILES string of the molecule is CCN(CC(=O)O)C1CC(NC(=O)CCOCC2CCCO2)C1. The van der Waals surface area contributed by atoms with E-state index in [1.54, 1.807) is 0 Å². The summed E-state index contributed by atoms with van der Waals surface area (Å²) in [5.41, 5.74) is 0. The summed E-state index contributed by atoms with van der Waals surface area (Å²) in [6.45, 7) is 4.54. The molecule has 23 heavy (non-hydrogen) atoms. The van der Waals surface area contributed by atoms with Crippen molar-refractivity contribution in [3.63, 3.8) is 0 Å². The molecule has 0 aromatic heterocycles. The molecule has 0 aromatic carbocycles. The minimum absolute atomic E-state index is 0.00192. The van der Waals surface area contributed by atoms with Crippen LogP contribution in [-0.2, 0) is 19.1 Å². The van der Waals surface area contributed by atoms with Gasteiger partial charge in [-0.2, -0.15) is 0 Å². The van der Waals surface area contributed by atoms with Gasteiger partial charge < -0.3 is 19.9 Å². The first-order valence-electron chi connectivity index (χ1n) is 8.53. The normalized spacial score (nSPS) is 27.0. The molecule has 0 spiro atoms. The van der Waals surface area contributed by atoms with Crippen molar-refractivity contribution in [3.05, 3.63) is 0 Å². The summed E-state index contributed by atoms with van der Waals surface area (Å²) in [4.78, 5) is 24.6.